The maximum absolute atomic E-state index is 13.4. The average Bonchev–Trinajstić information content (AvgIpc) is 3.35. The van der Waals surface area contributed by atoms with Crippen molar-refractivity contribution in [3.8, 4) is 0 Å². The monoisotopic (exact) mass is 427 g/mol. The van der Waals surface area contributed by atoms with E-state index < -0.39 is 10.8 Å². The number of hydrogen-bond donors (Lipinski definition) is 0. The van der Waals surface area contributed by atoms with E-state index in [4.69, 9.17) is 0 Å². The normalized spacial score (nSPS) is 15.0. The van der Waals surface area contributed by atoms with Gasteiger partial charge in [0.2, 0.25) is 5.13 Å². The molecule has 0 aliphatic carbocycles. The lowest BCUT2D eigenvalue weighted by Crippen LogP contribution is -2.32. The highest BCUT2D eigenvalue weighted by molar-refractivity contribution is 7.22. The minimum Gasteiger partial charge on any atom is -0.266 e. The fourth-order valence-corrected chi connectivity index (χ4v) is 4.18. The maximum Gasteiger partial charge on any atom is 0.284 e. The van der Waals surface area contributed by atoms with Crippen LogP contribution in [0.5, 0.6) is 0 Å². The molecule has 0 radical (unpaired) electrons. The molecule has 9 heteroatoms. The molecular weight excluding hydrogens is 414 g/mol. The first-order chi connectivity index (χ1) is 15.1. The summed E-state index contributed by atoms with van der Waals surface area (Å²) >= 11 is 1.33. The Labute approximate surface area is 180 Å². The van der Waals surface area contributed by atoms with Crippen LogP contribution in [0, 0.1) is 10.1 Å². The minimum atomic E-state index is -0.482. The van der Waals surface area contributed by atoms with Gasteiger partial charge in [0, 0.05) is 17.8 Å². The Morgan fingerprint density at radius 3 is 2.55 bits per heavy atom. The van der Waals surface area contributed by atoms with E-state index in [1.54, 1.807) is 24.4 Å². The highest BCUT2D eigenvalue weighted by Gasteiger charge is 2.35. The van der Waals surface area contributed by atoms with Crippen LogP contribution < -0.4 is 4.90 Å². The van der Waals surface area contributed by atoms with Crippen LogP contribution in [0.2, 0.25) is 0 Å². The first kappa shape index (κ1) is 18.8. The number of thiazole rings is 1. The number of nitro benzene ring substituents is 1. The van der Waals surface area contributed by atoms with Crippen LogP contribution >= 0.6 is 11.3 Å². The van der Waals surface area contributed by atoms with Gasteiger partial charge >= 0.3 is 0 Å². The standard InChI is InChI=1S/C22H13N5O3S/c28-21-16(13-15-9-4-5-10-17(15)27(29)30)24-20(14-7-2-1-3-8-14)26(21)22-25-19-18(31-22)11-6-12-23-19/h1-13H. The third-order valence-corrected chi connectivity index (χ3v) is 5.66. The van der Waals surface area contributed by atoms with Gasteiger partial charge in [-0.25, -0.2) is 14.9 Å². The number of benzene rings is 2. The number of hydrogen-bond acceptors (Lipinski definition) is 7. The molecule has 4 aromatic rings. The van der Waals surface area contributed by atoms with Crippen LogP contribution in [0.4, 0.5) is 10.8 Å². The van der Waals surface area contributed by atoms with Crippen molar-refractivity contribution in [3.05, 3.63) is 99.9 Å². The first-order valence-corrected chi connectivity index (χ1v) is 10.1. The number of carbonyl (C=O) groups is 1. The molecule has 0 N–H and O–H groups in total. The zero-order valence-electron chi connectivity index (χ0n) is 15.9. The number of amidine groups is 1. The molecular formula is C22H13N5O3S. The highest BCUT2D eigenvalue weighted by Crippen LogP contribution is 2.34. The fourth-order valence-electron chi connectivity index (χ4n) is 3.25. The van der Waals surface area contributed by atoms with Crippen LogP contribution in [0.25, 0.3) is 16.4 Å². The number of anilines is 1. The molecule has 5 rings (SSSR count). The summed E-state index contributed by atoms with van der Waals surface area (Å²) < 4.78 is 0.842. The van der Waals surface area contributed by atoms with Crippen molar-refractivity contribution < 1.29 is 9.72 Å². The number of nitrogens with zero attached hydrogens (tertiary/aromatic N) is 5. The van der Waals surface area contributed by atoms with Crippen LogP contribution in [0.15, 0.2) is 83.6 Å². The van der Waals surface area contributed by atoms with Crippen molar-refractivity contribution in [2.45, 2.75) is 0 Å². The molecule has 8 nitrogen and oxygen atoms in total. The van der Waals surface area contributed by atoms with E-state index in [0.29, 0.717) is 22.2 Å². The SMILES string of the molecule is O=C1C(=Cc2ccccc2[N+](=O)[O-])N=C(c2ccccc2)N1c1nc2ncccc2s1. The minimum absolute atomic E-state index is 0.0955. The summed E-state index contributed by atoms with van der Waals surface area (Å²) in [6, 6.07) is 19.2. The lowest BCUT2D eigenvalue weighted by Gasteiger charge is -2.14. The zero-order chi connectivity index (χ0) is 21.4. The maximum atomic E-state index is 13.4. The molecule has 1 aliphatic heterocycles. The number of fused-ring (bicyclic) bond motifs is 1. The molecule has 0 fully saturated rings. The van der Waals surface area contributed by atoms with E-state index in [2.05, 4.69) is 15.0 Å². The van der Waals surface area contributed by atoms with E-state index >= 15 is 0 Å². The van der Waals surface area contributed by atoms with Gasteiger partial charge in [0.15, 0.2) is 5.65 Å². The molecule has 0 unspecified atom stereocenters. The summed E-state index contributed by atoms with van der Waals surface area (Å²) in [6.45, 7) is 0. The van der Waals surface area contributed by atoms with Crippen molar-refractivity contribution in [2.75, 3.05) is 4.90 Å². The van der Waals surface area contributed by atoms with Gasteiger partial charge in [-0.15, -0.1) is 0 Å². The Morgan fingerprint density at radius 2 is 1.77 bits per heavy atom. The predicted molar refractivity (Wildman–Crippen MR) is 119 cm³/mol. The van der Waals surface area contributed by atoms with E-state index in [1.165, 1.54) is 28.4 Å². The van der Waals surface area contributed by atoms with Gasteiger partial charge < -0.3 is 0 Å². The topological polar surface area (TPSA) is 102 Å². The molecule has 2 aromatic heterocycles. The number of para-hydroxylation sites is 1. The molecule has 0 saturated heterocycles. The molecule has 2 aromatic carbocycles. The number of carbonyl (C=O) groups excluding carboxylic acids is 1. The third-order valence-electron chi connectivity index (χ3n) is 4.66. The second-order valence-corrected chi connectivity index (χ2v) is 7.62. The summed E-state index contributed by atoms with van der Waals surface area (Å²) in [5.41, 5.74) is 1.58. The summed E-state index contributed by atoms with van der Waals surface area (Å²) in [5, 5.41) is 11.8. The van der Waals surface area contributed by atoms with Gasteiger partial charge in [-0.3, -0.25) is 14.9 Å². The Bertz CT molecular complexity index is 1360. The summed E-state index contributed by atoms with van der Waals surface area (Å²) in [6.07, 6.45) is 3.08. The van der Waals surface area contributed by atoms with Crippen molar-refractivity contribution in [1.82, 2.24) is 9.97 Å². The molecule has 150 valence electrons. The van der Waals surface area contributed by atoms with Crippen molar-refractivity contribution in [3.63, 3.8) is 0 Å². The Morgan fingerprint density at radius 1 is 1.00 bits per heavy atom. The predicted octanol–water partition coefficient (Wildman–Crippen LogP) is 4.43. The summed E-state index contributed by atoms with van der Waals surface area (Å²) in [7, 11) is 0. The van der Waals surface area contributed by atoms with Crippen LogP contribution in [0.3, 0.4) is 0 Å². The van der Waals surface area contributed by atoms with E-state index in [9.17, 15) is 14.9 Å². The number of aromatic nitrogens is 2. The fraction of sp³-hybridized carbons (Fsp3) is 0. The average molecular weight is 427 g/mol. The van der Waals surface area contributed by atoms with Gasteiger partial charge in [-0.2, -0.15) is 4.98 Å². The smallest absolute Gasteiger partial charge is 0.266 e. The van der Waals surface area contributed by atoms with Crippen molar-refractivity contribution >= 4 is 50.3 Å². The van der Waals surface area contributed by atoms with Gasteiger partial charge in [-0.1, -0.05) is 53.8 Å². The second-order valence-electron chi connectivity index (χ2n) is 6.61. The number of nitro groups is 1. The van der Waals surface area contributed by atoms with Crippen LogP contribution in [-0.4, -0.2) is 26.6 Å². The molecule has 0 spiro atoms. The Balaban J connectivity index is 1.66. The Kier molecular flexibility index (Phi) is 4.57. The number of aliphatic imine (C=N–C) groups is 1. The first-order valence-electron chi connectivity index (χ1n) is 9.27. The molecule has 1 aliphatic rings. The van der Waals surface area contributed by atoms with E-state index in [0.717, 1.165) is 10.3 Å². The number of pyridine rings is 1. The molecule has 0 saturated carbocycles. The van der Waals surface area contributed by atoms with Crippen molar-refractivity contribution in [2.24, 2.45) is 4.99 Å². The van der Waals surface area contributed by atoms with Gasteiger partial charge in [0.1, 0.15) is 11.5 Å². The molecule has 3 heterocycles. The van der Waals surface area contributed by atoms with E-state index in [1.807, 2.05) is 42.5 Å². The molecule has 31 heavy (non-hydrogen) atoms. The van der Waals surface area contributed by atoms with Gasteiger partial charge in [0.25, 0.3) is 11.6 Å². The molecule has 0 bridgehead atoms. The van der Waals surface area contributed by atoms with Crippen LogP contribution in [-0.2, 0) is 4.79 Å². The van der Waals surface area contributed by atoms with Gasteiger partial charge in [-0.05, 0) is 24.3 Å². The highest BCUT2D eigenvalue weighted by atomic mass is 32.1. The molecule has 0 atom stereocenters. The number of amides is 1. The second kappa shape index (κ2) is 7.54. The Hall–Kier alpha value is -4.24. The summed E-state index contributed by atoms with van der Waals surface area (Å²) in [5.74, 6) is 0.00514. The quantitative estimate of drug-likeness (QED) is 0.272. The zero-order valence-corrected chi connectivity index (χ0v) is 16.7. The van der Waals surface area contributed by atoms with Gasteiger partial charge in [0.05, 0.1) is 15.2 Å². The number of rotatable bonds is 4. The lowest BCUT2D eigenvalue weighted by atomic mass is 10.1. The third kappa shape index (κ3) is 3.36. The van der Waals surface area contributed by atoms with Crippen molar-refractivity contribution in [1.29, 1.82) is 0 Å². The lowest BCUT2D eigenvalue weighted by molar-refractivity contribution is -0.385. The van der Waals surface area contributed by atoms with Crippen LogP contribution in [0.1, 0.15) is 11.1 Å². The van der Waals surface area contributed by atoms with E-state index in [-0.39, 0.29) is 11.4 Å². The molecule has 1 amide bonds. The summed E-state index contributed by atoms with van der Waals surface area (Å²) in [4.78, 5) is 39.0. The largest absolute Gasteiger partial charge is 0.284 e.